The summed E-state index contributed by atoms with van der Waals surface area (Å²) >= 11 is 0. The first-order valence-corrected chi connectivity index (χ1v) is 7.64. The van der Waals surface area contributed by atoms with Gasteiger partial charge in [0.1, 0.15) is 11.9 Å². The van der Waals surface area contributed by atoms with Crippen molar-refractivity contribution in [1.82, 2.24) is 0 Å². The van der Waals surface area contributed by atoms with Gasteiger partial charge in [-0.3, -0.25) is 9.28 Å². The Hall–Kier alpha value is -1.92. The number of nitrogens with zero attached hydrogens (tertiary/aromatic N) is 1. The van der Waals surface area contributed by atoms with Gasteiger partial charge in [0, 0.05) is 11.1 Å². The molecule has 0 heterocycles. The number of ether oxygens (including phenoxy) is 1. The summed E-state index contributed by atoms with van der Waals surface area (Å²) in [6.07, 6.45) is -0.994. The summed E-state index contributed by atoms with van der Waals surface area (Å²) in [5.74, 6) is 0.615. The van der Waals surface area contributed by atoms with E-state index in [-0.39, 0.29) is 29.9 Å². The number of benzene rings is 2. The quantitative estimate of drug-likeness (QED) is 0.399. The Morgan fingerprint density at radius 2 is 1.44 bits per heavy atom. The van der Waals surface area contributed by atoms with Crippen molar-refractivity contribution in [3.63, 3.8) is 0 Å². The topological polar surface area (TPSA) is 78.0 Å². The minimum Gasteiger partial charge on any atom is -1.00 e. The van der Waals surface area contributed by atoms with E-state index >= 15 is 0 Å². The minimum absolute atomic E-state index is 0. The summed E-state index contributed by atoms with van der Waals surface area (Å²) < 4.78 is 6.37. The summed E-state index contributed by atoms with van der Waals surface area (Å²) in [7, 11) is 5.89. The molecule has 0 radical (unpaired) electrons. The molecule has 0 aliphatic carbocycles. The second kappa shape index (κ2) is 9.53. The van der Waals surface area contributed by atoms with E-state index in [4.69, 9.17) is 4.74 Å². The van der Waals surface area contributed by atoms with Crippen molar-refractivity contribution in [2.45, 2.75) is 19.3 Å². The van der Waals surface area contributed by atoms with Gasteiger partial charge in [-0.2, -0.15) is 0 Å². The zero-order valence-corrected chi connectivity index (χ0v) is 15.7. The van der Waals surface area contributed by atoms with Crippen LogP contribution in [0.3, 0.4) is 0 Å². The second-order valence-electron chi connectivity index (χ2n) is 6.58. The van der Waals surface area contributed by atoms with Crippen LogP contribution in [0.5, 0.6) is 5.75 Å². The van der Waals surface area contributed by atoms with Crippen molar-refractivity contribution in [1.29, 1.82) is 0 Å². The summed E-state index contributed by atoms with van der Waals surface area (Å²) in [5, 5.41) is 9.91. The van der Waals surface area contributed by atoms with Crippen LogP contribution in [0.4, 0.5) is 0 Å². The highest BCUT2D eigenvalue weighted by Crippen LogP contribution is 2.20. The molecule has 0 saturated carbocycles. The van der Waals surface area contributed by atoms with Crippen LogP contribution in [0.1, 0.15) is 22.8 Å². The van der Waals surface area contributed by atoms with Gasteiger partial charge >= 0.3 is 0 Å². The lowest BCUT2D eigenvalue weighted by Gasteiger charge is -2.35. The molecule has 5 nitrogen and oxygen atoms in total. The summed E-state index contributed by atoms with van der Waals surface area (Å²) in [6, 6.07) is 16.2. The van der Waals surface area contributed by atoms with Crippen LogP contribution < -0.4 is 17.1 Å². The van der Waals surface area contributed by atoms with Crippen LogP contribution >= 0.6 is 0 Å². The zero-order chi connectivity index (χ0) is 17.0. The monoisotopic (exact) mass is 367 g/mol. The Morgan fingerprint density at radius 3 is 1.88 bits per heavy atom. The van der Waals surface area contributed by atoms with E-state index in [0.717, 1.165) is 0 Å². The maximum Gasteiger partial charge on any atom is 0.258 e. The Balaban J connectivity index is 0.00000288. The first-order valence-electron chi connectivity index (χ1n) is 7.64. The molecule has 2 rings (SSSR count). The standard InChI is InChI=1S/C19H24NO3.ClH.H2O/c1-14(21)19(20(2,3)4)23-17-12-10-16(11-13-17)18(22)15-8-6-5-7-9-15;;/h5-14,19,21H,1-4H3;1H;1H2/q+1;;/p-1. The number of halogens is 1. The number of hydrogen-bond acceptors (Lipinski definition) is 3. The number of aliphatic hydroxyl groups is 1. The average Bonchev–Trinajstić information content (AvgIpc) is 2.52. The van der Waals surface area contributed by atoms with Gasteiger partial charge in [-0.05, 0) is 31.2 Å². The fourth-order valence-electron chi connectivity index (χ4n) is 2.48. The van der Waals surface area contributed by atoms with E-state index in [2.05, 4.69) is 0 Å². The van der Waals surface area contributed by atoms with Gasteiger partial charge in [0.2, 0.25) is 0 Å². The average molecular weight is 368 g/mol. The molecule has 0 amide bonds. The van der Waals surface area contributed by atoms with Crippen molar-refractivity contribution in [2.24, 2.45) is 0 Å². The number of rotatable bonds is 6. The molecular weight excluding hydrogens is 342 g/mol. The van der Waals surface area contributed by atoms with E-state index in [0.29, 0.717) is 21.4 Å². The molecule has 0 aliphatic heterocycles. The third kappa shape index (κ3) is 6.14. The van der Waals surface area contributed by atoms with Crippen molar-refractivity contribution >= 4 is 5.78 Å². The van der Waals surface area contributed by atoms with Gasteiger partial charge in [-0.1, -0.05) is 30.3 Å². The molecule has 0 bridgehead atoms. The third-order valence-corrected chi connectivity index (χ3v) is 3.59. The SMILES string of the molecule is CC(O)C(Oc1ccc(C(=O)c2ccccc2)cc1)[N+](C)(C)C.O.[Cl-]. The Bertz CT molecular complexity index is 651. The van der Waals surface area contributed by atoms with Crippen molar-refractivity contribution in [3.05, 3.63) is 65.7 Å². The molecule has 2 aromatic carbocycles. The van der Waals surface area contributed by atoms with Crippen molar-refractivity contribution in [3.8, 4) is 5.75 Å². The van der Waals surface area contributed by atoms with E-state index in [1.54, 1.807) is 43.3 Å². The van der Waals surface area contributed by atoms with Crippen LogP contribution in [0, 0.1) is 0 Å². The highest BCUT2D eigenvalue weighted by molar-refractivity contribution is 6.08. The summed E-state index contributed by atoms with van der Waals surface area (Å²) in [6.45, 7) is 1.71. The molecule has 0 aliphatic rings. The third-order valence-electron chi connectivity index (χ3n) is 3.59. The highest BCUT2D eigenvalue weighted by Gasteiger charge is 2.30. The van der Waals surface area contributed by atoms with Crippen LogP contribution in [-0.4, -0.2) is 54.3 Å². The number of ketones is 1. The van der Waals surface area contributed by atoms with Crippen LogP contribution in [0.15, 0.2) is 54.6 Å². The molecule has 3 N–H and O–H groups in total. The van der Waals surface area contributed by atoms with Crippen LogP contribution in [0.25, 0.3) is 0 Å². The molecule has 6 heteroatoms. The van der Waals surface area contributed by atoms with E-state index in [9.17, 15) is 9.90 Å². The molecule has 2 aromatic rings. The number of carbonyl (C=O) groups excluding carboxylic acids is 1. The maximum atomic E-state index is 12.4. The van der Waals surface area contributed by atoms with Crippen LogP contribution in [0.2, 0.25) is 0 Å². The summed E-state index contributed by atoms with van der Waals surface area (Å²) in [4.78, 5) is 12.4. The predicted molar refractivity (Wildman–Crippen MR) is 94.1 cm³/mol. The first-order chi connectivity index (χ1) is 10.8. The maximum absolute atomic E-state index is 12.4. The summed E-state index contributed by atoms with van der Waals surface area (Å²) in [5.41, 5.74) is 1.27. The number of quaternary nitrogens is 1. The largest absolute Gasteiger partial charge is 1.00 e. The zero-order valence-electron chi connectivity index (χ0n) is 14.9. The molecule has 2 unspecified atom stereocenters. The molecule has 0 fully saturated rings. The van der Waals surface area contributed by atoms with Gasteiger partial charge in [-0.25, -0.2) is 0 Å². The Labute approximate surface area is 155 Å². The molecule has 2 atom stereocenters. The van der Waals surface area contributed by atoms with Crippen LogP contribution in [-0.2, 0) is 0 Å². The van der Waals surface area contributed by atoms with Crippen molar-refractivity contribution < 1.29 is 37.0 Å². The first kappa shape index (κ1) is 23.1. The number of likely N-dealkylation sites (N-methyl/N-ethyl adjacent to an activating group) is 1. The fourth-order valence-corrected chi connectivity index (χ4v) is 2.48. The second-order valence-corrected chi connectivity index (χ2v) is 6.58. The molecule has 0 saturated heterocycles. The lowest BCUT2D eigenvalue weighted by atomic mass is 10.0. The minimum atomic E-state index is -0.611. The smallest absolute Gasteiger partial charge is 0.258 e. The van der Waals surface area contributed by atoms with E-state index < -0.39 is 6.10 Å². The predicted octanol–water partition coefficient (Wildman–Crippen LogP) is -1.11. The lowest BCUT2D eigenvalue weighted by Crippen LogP contribution is -3.00. The fraction of sp³-hybridized carbons (Fsp3) is 0.316. The molecular formula is C19H26ClNO4. The van der Waals surface area contributed by atoms with Gasteiger partial charge in [-0.15, -0.1) is 0 Å². The Morgan fingerprint density at radius 1 is 0.960 bits per heavy atom. The van der Waals surface area contributed by atoms with Gasteiger partial charge < -0.3 is 27.7 Å². The molecule has 25 heavy (non-hydrogen) atoms. The van der Waals surface area contributed by atoms with E-state index in [1.165, 1.54) is 0 Å². The number of carbonyl (C=O) groups is 1. The van der Waals surface area contributed by atoms with Crippen molar-refractivity contribution in [2.75, 3.05) is 21.1 Å². The Kier molecular flexibility index (Phi) is 8.80. The van der Waals surface area contributed by atoms with E-state index in [1.807, 2.05) is 39.3 Å². The van der Waals surface area contributed by atoms with Gasteiger partial charge in [0.15, 0.2) is 5.78 Å². The molecule has 0 aromatic heterocycles. The molecule has 0 spiro atoms. The van der Waals surface area contributed by atoms with Gasteiger partial charge in [0.25, 0.3) is 6.23 Å². The lowest BCUT2D eigenvalue weighted by molar-refractivity contribution is -0.918. The van der Waals surface area contributed by atoms with Gasteiger partial charge in [0.05, 0.1) is 21.1 Å². The highest BCUT2D eigenvalue weighted by atomic mass is 35.5. The normalized spacial score (nSPS) is 13.0. The number of aliphatic hydroxyl groups excluding tert-OH is 1. The number of hydrogen-bond donors (Lipinski definition) is 1. The molecule has 138 valence electrons.